The fourth-order valence-corrected chi connectivity index (χ4v) is 1.72. The van der Waals surface area contributed by atoms with E-state index in [2.05, 4.69) is 10.1 Å². The molecule has 0 heterocycles. The number of carboxylic acid groups (broad SMARTS) is 1. The number of methoxy groups -OCH3 is 1. The van der Waals surface area contributed by atoms with E-state index in [4.69, 9.17) is 22.4 Å². The molecule has 0 saturated carbocycles. The summed E-state index contributed by atoms with van der Waals surface area (Å²) in [5.74, 6) is -2.29. The third kappa shape index (κ3) is 5.05. The number of nitrogens with one attached hydrogen (secondary N) is 1. The molecule has 1 aromatic carbocycles. The van der Waals surface area contributed by atoms with Gasteiger partial charge in [0.15, 0.2) is 0 Å². The summed E-state index contributed by atoms with van der Waals surface area (Å²) in [5, 5.41) is 11.3. The minimum Gasteiger partial charge on any atom is -0.481 e. The van der Waals surface area contributed by atoms with Crippen LogP contribution >= 0.6 is 11.6 Å². The number of carbonyl (C=O) groups excluding carboxylic acids is 2. The van der Waals surface area contributed by atoms with E-state index in [1.54, 1.807) is 0 Å². The lowest BCUT2D eigenvalue weighted by atomic mass is 10.1. The van der Waals surface area contributed by atoms with Crippen LogP contribution in [0, 0.1) is 0 Å². The molecule has 7 nitrogen and oxygen atoms in total. The maximum absolute atomic E-state index is 11.9. The molecule has 0 fully saturated rings. The molecule has 0 radical (unpaired) electrons. The van der Waals surface area contributed by atoms with Crippen molar-refractivity contribution >= 4 is 35.1 Å². The zero-order valence-electron chi connectivity index (χ0n) is 11.3. The molecule has 114 valence electrons. The number of hydrogen-bond acceptors (Lipinski definition) is 5. The summed E-state index contributed by atoms with van der Waals surface area (Å²) < 4.78 is 4.60. The predicted octanol–water partition coefficient (Wildman–Crippen LogP) is 1.26. The van der Waals surface area contributed by atoms with Crippen LogP contribution in [0.25, 0.3) is 0 Å². The Morgan fingerprint density at radius 3 is 2.67 bits per heavy atom. The normalized spacial score (nSPS) is 11.6. The Labute approximate surface area is 126 Å². The number of esters is 1. The molecule has 1 unspecified atom stereocenters. The number of carbonyl (C=O) groups is 3. The van der Waals surface area contributed by atoms with Crippen LogP contribution in [0.15, 0.2) is 18.2 Å². The molecule has 1 atom stereocenters. The smallest absolute Gasteiger partial charge is 0.339 e. The lowest BCUT2D eigenvalue weighted by Crippen LogP contribution is -2.36. The molecule has 8 heteroatoms. The number of aliphatic carboxylic acids is 1. The highest BCUT2D eigenvalue weighted by Crippen LogP contribution is 2.22. The number of ether oxygens (including phenoxy) is 1. The third-order valence-electron chi connectivity index (χ3n) is 2.65. The fraction of sp³-hybridized carbons (Fsp3) is 0.308. The molecular formula is C13H15ClN2O5. The number of carboxylic acids is 1. The first-order chi connectivity index (χ1) is 9.85. The maximum Gasteiger partial charge on any atom is 0.339 e. The van der Waals surface area contributed by atoms with E-state index >= 15 is 0 Å². The van der Waals surface area contributed by atoms with E-state index in [1.165, 1.54) is 25.3 Å². The number of hydrogen-bond donors (Lipinski definition) is 3. The van der Waals surface area contributed by atoms with Crippen molar-refractivity contribution in [2.45, 2.75) is 18.9 Å². The Hall–Kier alpha value is -2.12. The van der Waals surface area contributed by atoms with Crippen LogP contribution in [-0.2, 0) is 14.3 Å². The van der Waals surface area contributed by atoms with Crippen molar-refractivity contribution in [2.75, 3.05) is 12.4 Å². The maximum atomic E-state index is 11.9. The highest BCUT2D eigenvalue weighted by Gasteiger charge is 2.19. The molecule has 0 spiro atoms. The van der Waals surface area contributed by atoms with Crippen LogP contribution in [0.5, 0.6) is 0 Å². The minimum absolute atomic E-state index is 0.0186. The summed E-state index contributed by atoms with van der Waals surface area (Å²) in [4.78, 5) is 33.9. The molecule has 0 saturated heterocycles. The van der Waals surface area contributed by atoms with Gasteiger partial charge in [0.2, 0.25) is 5.91 Å². The number of amides is 1. The number of anilines is 1. The van der Waals surface area contributed by atoms with Gasteiger partial charge in [0.25, 0.3) is 0 Å². The Balaban J connectivity index is 2.86. The number of halogens is 1. The first-order valence-electron chi connectivity index (χ1n) is 6.01. The molecule has 0 aromatic heterocycles. The first kappa shape index (κ1) is 16.9. The second-order valence-corrected chi connectivity index (χ2v) is 4.65. The van der Waals surface area contributed by atoms with Crippen LogP contribution in [0.2, 0.25) is 5.02 Å². The minimum atomic E-state index is -1.05. The second-order valence-electron chi connectivity index (χ2n) is 4.21. The van der Waals surface area contributed by atoms with Crippen LogP contribution < -0.4 is 11.1 Å². The average molecular weight is 315 g/mol. The van der Waals surface area contributed by atoms with E-state index in [9.17, 15) is 14.4 Å². The third-order valence-corrected chi connectivity index (χ3v) is 2.89. The summed E-state index contributed by atoms with van der Waals surface area (Å²) in [6, 6.07) is 3.27. The molecule has 1 aromatic rings. The van der Waals surface area contributed by atoms with Crippen LogP contribution in [-0.4, -0.2) is 36.1 Å². The van der Waals surface area contributed by atoms with Gasteiger partial charge in [0, 0.05) is 11.4 Å². The van der Waals surface area contributed by atoms with Crippen molar-refractivity contribution in [2.24, 2.45) is 5.73 Å². The summed E-state index contributed by atoms with van der Waals surface area (Å²) >= 11 is 5.82. The summed E-state index contributed by atoms with van der Waals surface area (Å²) in [6.45, 7) is 0. The van der Waals surface area contributed by atoms with E-state index in [0.717, 1.165) is 0 Å². The van der Waals surface area contributed by atoms with Gasteiger partial charge in [0.05, 0.1) is 24.4 Å². The molecular weight excluding hydrogens is 300 g/mol. The monoisotopic (exact) mass is 314 g/mol. The Bertz CT molecular complexity index is 561. The van der Waals surface area contributed by atoms with Gasteiger partial charge >= 0.3 is 11.9 Å². The quantitative estimate of drug-likeness (QED) is 0.680. The van der Waals surface area contributed by atoms with Crippen molar-refractivity contribution in [1.29, 1.82) is 0 Å². The average Bonchev–Trinajstić information content (AvgIpc) is 2.43. The lowest BCUT2D eigenvalue weighted by molar-refractivity contribution is -0.137. The molecule has 0 bridgehead atoms. The van der Waals surface area contributed by atoms with Crippen LogP contribution in [0.3, 0.4) is 0 Å². The molecule has 0 aliphatic rings. The van der Waals surface area contributed by atoms with E-state index < -0.39 is 23.9 Å². The second kappa shape index (κ2) is 7.61. The van der Waals surface area contributed by atoms with Crippen LogP contribution in [0.1, 0.15) is 23.2 Å². The van der Waals surface area contributed by atoms with Crippen molar-refractivity contribution in [3.63, 3.8) is 0 Å². The molecule has 0 aliphatic heterocycles. The molecule has 1 amide bonds. The van der Waals surface area contributed by atoms with Gasteiger partial charge in [-0.1, -0.05) is 11.6 Å². The lowest BCUT2D eigenvalue weighted by Gasteiger charge is -2.14. The van der Waals surface area contributed by atoms with E-state index in [0.29, 0.717) is 5.02 Å². The van der Waals surface area contributed by atoms with E-state index in [-0.39, 0.29) is 24.1 Å². The number of rotatable bonds is 6. The van der Waals surface area contributed by atoms with Gasteiger partial charge in [0.1, 0.15) is 0 Å². The topological polar surface area (TPSA) is 119 Å². The van der Waals surface area contributed by atoms with Crippen molar-refractivity contribution < 1.29 is 24.2 Å². The van der Waals surface area contributed by atoms with Gasteiger partial charge in [-0.15, -0.1) is 0 Å². The molecule has 21 heavy (non-hydrogen) atoms. The summed E-state index contributed by atoms with van der Waals surface area (Å²) in [7, 11) is 1.21. The van der Waals surface area contributed by atoms with Gasteiger partial charge in [-0.2, -0.15) is 0 Å². The summed E-state index contributed by atoms with van der Waals surface area (Å²) in [5.41, 5.74) is 5.87. The zero-order chi connectivity index (χ0) is 16.0. The first-order valence-corrected chi connectivity index (χ1v) is 6.39. The fourth-order valence-electron chi connectivity index (χ4n) is 1.54. The Morgan fingerprint density at radius 1 is 1.43 bits per heavy atom. The molecule has 4 N–H and O–H groups in total. The van der Waals surface area contributed by atoms with Gasteiger partial charge in [-0.3, -0.25) is 9.59 Å². The number of benzene rings is 1. The van der Waals surface area contributed by atoms with Gasteiger partial charge in [-0.05, 0) is 24.6 Å². The number of nitrogens with two attached hydrogens (primary N) is 1. The Kier molecular flexibility index (Phi) is 6.13. The van der Waals surface area contributed by atoms with Gasteiger partial charge in [-0.25, -0.2) is 4.79 Å². The highest BCUT2D eigenvalue weighted by molar-refractivity contribution is 6.31. The van der Waals surface area contributed by atoms with Crippen molar-refractivity contribution in [1.82, 2.24) is 0 Å². The van der Waals surface area contributed by atoms with Crippen LogP contribution in [0.4, 0.5) is 5.69 Å². The highest BCUT2D eigenvalue weighted by atomic mass is 35.5. The SMILES string of the molecule is COC(=O)c1ccc(Cl)cc1NC(=O)C(N)CCC(=O)O. The Morgan fingerprint density at radius 2 is 2.10 bits per heavy atom. The van der Waals surface area contributed by atoms with Crippen molar-refractivity contribution in [3.8, 4) is 0 Å². The predicted molar refractivity (Wildman–Crippen MR) is 76.3 cm³/mol. The van der Waals surface area contributed by atoms with Gasteiger partial charge < -0.3 is 20.9 Å². The molecule has 0 aliphatic carbocycles. The van der Waals surface area contributed by atoms with Crippen molar-refractivity contribution in [3.05, 3.63) is 28.8 Å². The summed E-state index contributed by atoms with van der Waals surface area (Å²) in [6.07, 6.45) is -0.247. The van der Waals surface area contributed by atoms with E-state index in [1.807, 2.05) is 0 Å². The largest absolute Gasteiger partial charge is 0.481 e. The standard InChI is InChI=1S/C13H15ClN2O5/c1-21-13(20)8-3-2-7(14)6-10(8)16-12(19)9(15)4-5-11(17)18/h2-3,6,9H,4-5,15H2,1H3,(H,16,19)(H,17,18). The zero-order valence-corrected chi connectivity index (χ0v) is 12.0. The molecule has 1 rings (SSSR count).